The summed E-state index contributed by atoms with van der Waals surface area (Å²) in [6.07, 6.45) is 0.281. The standard InChI is InChI=1S/C27H28Cl3N3O5S/c1-4-25(27(35)31-2)32(16-18-5-6-20(29)15-24(18)30)26(34)17-33(21-9-7-19(28)8-10-21)39(36,37)23-13-11-22(38-3)12-14-23/h5-15,25H,4,16-17H2,1-3H3,(H,31,35). The van der Waals surface area contributed by atoms with Crippen molar-refractivity contribution in [3.8, 4) is 5.75 Å². The number of carbonyl (C=O) groups is 2. The Balaban J connectivity index is 2.07. The van der Waals surface area contributed by atoms with Crippen LogP contribution in [-0.2, 0) is 26.2 Å². The molecule has 0 spiro atoms. The van der Waals surface area contributed by atoms with E-state index in [0.29, 0.717) is 26.4 Å². The zero-order chi connectivity index (χ0) is 28.7. The second-order valence-electron chi connectivity index (χ2n) is 8.46. The Morgan fingerprint density at radius 3 is 2.10 bits per heavy atom. The first kappa shape index (κ1) is 30.6. The van der Waals surface area contributed by atoms with Crippen molar-refractivity contribution < 1.29 is 22.7 Å². The Hall–Kier alpha value is -2.98. The molecule has 1 unspecified atom stereocenters. The number of anilines is 1. The van der Waals surface area contributed by atoms with E-state index in [-0.39, 0.29) is 23.5 Å². The number of ether oxygens (including phenoxy) is 1. The topological polar surface area (TPSA) is 96.0 Å². The Labute approximate surface area is 243 Å². The molecule has 1 N–H and O–H groups in total. The van der Waals surface area contributed by atoms with Crippen LogP contribution >= 0.6 is 34.8 Å². The van der Waals surface area contributed by atoms with Crippen LogP contribution in [0.4, 0.5) is 5.69 Å². The van der Waals surface area contributed by atoms with E-state index in [0.717, 1.165) is 4.31 Å². The summed E-state index contributed by atoms with van der Waals surface area (Å²) in [5, 5.41) is 3.70. The molecular weight excluding hydrogens is 585 g/mol. The van der Waals surface area contributed by atoms with Crippen LogP contribution in [0.25, 0.3) is 0 Å². The van der Waals surface area contributed by atoms with Gasteiger partial charge in [-0.15, -0.1) is 0 Å². The molecule has 0 radical (unpaired) electrons. The molecule has 8 nitrogen and oxygen atoms in total. The molecule has 0 fully saturated rings. The average molecular weight is 613 g/mol. The molecule has 1 atom stereocenters. The van der Waals surface area contributed by atoms with Crippen LogP contribution in [0.1, 0.15) is 18.9 Å². The number of halogens is 3. The Morgan fingerprint density at radius 2 is 1.56 bits per heavy atom. The van der Waals surface area contributed by atoms with Gasteiger partial charge >= 0.3 is 0 Å². The highest BCUT2D eigenvalue weighted by Crippen LogP contribution is 2.28. The molecule has 0 aromatic heterocycles. The molecule has 3 rings (SSSR count). The number of rotatable bonds is 11. The lowest BCUT2D eigenvalue weighted by molar-refractivity contribution is -0.140. The fraction of sp³-hybridized carbons (Fsp3) is 0.259. The number of sulfonamides is 1. The fourth-order valence-corrected chi connectivity index (χ4v) is 5.94. The van der Waals surface area contributed by atoms with Crippen LogP contribution in [0.15, 0.2) is 71.6 Å². The van der Waals surface area contributed by atoms with Crippen LogP contribution in [0.2, 0.25) is 15.1 Å². The number of amides is 2. The van der Waals surface area contributed by atoms with Crippen LogP contribution in [0.3, 0.4) is 0 Å². The van der Waals surface area contributed by atoms with Gasteiger partial charge in [-0.2, -0.15) is 0 Å². The first-order chi connectivity index (χ1) is 18.5. The van der Waals surface area contributed by atoms with Crippen LogP contribution < -0.4 is 14.4 Å². The van der Waals surface area contributed by atoms with Gasteiger partial charge in [0.25, 0.3) is 10.0 Å². The third-order valence-electron chi connectivity index (χ3n) is 6.03. The van der Waals surface area contributed by atoms with Crippen LogP contribution in [0, 0.1) is 0 Å². The maximum absolute atomic E-state index is 13.9. The molecular formula is C27H28Cl3N3O5S. The summed E-state index contributed by atoms with van der Waals surface area (Å²) in [6, 6.07) is 15.8. The number of hydrogen-bond acceptors (Lipinski definition) is 5. The van der Waals surface area contributed by atoms with Gasteiger partial charge in [0, 0.05) is 28.7 Å². The van der Waals surface area contributed by atoms with Gasteiger partial charge in [-0.3, -0.25) is 13.9 Å². The van der Waals surface area contributed by atoms with Gasteiger partial charge in [-0.1, -0.05) is 47.8 Å². The molecule has 0 heterocycles. The van der Waals surface area contributed by atoms with Crippen molar-refractivity contribution in [1.29, 1.82) is 0 Å². The summed E-state index contributed by atoms with van der Waals surface area (Å²) in [5.41, 5.74) is 0.772. The van der Waals surface area contributed by atoms with Crippen molar-refractivity contribution in [2.24, 2.45) is 0 Å². The summed E-state index contributed by atoms with van der Waals surface area (Å²) in [6.45, 7) is 1.13. The van der Waals surface area contributed by atoms with E-state index in [1.807, 2.05) is 0 Å². The third kappa shape index (κ3) is 7.36. The first-order valence-electron chi connectivity index (χ1n) is 11.9. The smallest absolute Gasteiger partial charge is 0.264 e. The van der Waals surface area contributed by atoms with Gasteiger partial charge in [0.05, 0.1) is 17.7 Å². The predicted octanol–water partition coefficient (Wildman–Crippen LogP) is 5.40. The normalized spacial score (nSPS) is 11.9. The van der Waals surface area contributed by atoms with E-state index in [2.05, 4.69) is 5.32 Å². The SMILES string of the molecule is CCC(C(=O)NC)N(Cc1ccc(Cl)cc1Cl)C(=O)CN(c1ccc(Cl)cc1)S(=O)(=O)c1ccc(OC)cc1. The Bertz CT molecular complexity index is 1420. The maximum atomic E-state index is 13.9. The number of carbonyl (C=O) groups excluding carboxylic acids is 2. The minimum absolute atomic E-state index is 0.0438. The minimum Gasteiger partial charge on any atom is -0.497 e. The highest BCUT2D eigenvalue weighted by molar-refractivity contribution is 7.92. The van der Waals surface area contributed by atoms with Crippen molar-refractivity contribution >= 4 is 62.3 Å². The molecule has 0 aliphatic heterocycles. The second-order valence-corrected chi connectivity index (χ2v) is 11.6. The summed E-state index contributed by atoms with van der Waals surface area (Å²) >= 11 is 18.5. The summed E-state index contributed by atoms with van der Waals surface area (Å²) in [4.78, 5) is 27.9. The number of hydrogen-bond donors (Lipinski definition) is 1. The molecule has 0 saturated carbocycles. The molecule has 3 aromatic rings. The Morgan fingerprint density at radius 1 is 0.949 bits per heavy atom. The van der Waals surface area contributed by atoms with Crippen molar-refractivity contribution in [2.45, 2.75) is 30.8 Å². The maximum Gasteiger partial charge on any atom is 0.264 e. The average Bonchev–Trinajstić information content (AvgIpc) is 2.93. The number of methoxy groups -OCH3 is 1. The molecule has 0 aliphatic rings. The monoisotopic (exact) mass is 611 g/mol. The number of nitrogens with zero attached hydrogens (tertiary/aromatic N) is 2. The second kappa shape index (κ2) is 13.4. The molecule has 12 heteroatoms. The lowest BCUT2D eigenvalue weighted by atomic mass is 10.1. The van der Waals surface area contributed by atoms with Gasteiger partial charge in [-0.25, -0.2) is 8.42 Å². The first-order valence-corrected chi connectivity index (χ1v) is 14.5. The van der Waals surface area contributed by atoms with Gasteiger partial charge in [0.2, 0.25) is 11.8 Å². The quantitative estimate of drug-likeness (QED) is 0.313. The zero-order valence-corrected chi connectivity index (χ0v) is 24.6. The highest BCUT2D eigenvalue weighted by Gasteiger charge is 2.33. The van der Waals surface area contributed by atoms with Gasteiger partial charge in [-0.05, 0) is 72.6 Å². The Kier molecular flexibility index (Phi) is 10.5. The molecule has 2 amide bonds. The molecule has 0 saturated heterocycles. The van der Waals surface area contributed by atoms with Crippen LogP contribution in [0.5, 0.6) is 5.75 Å². The van der Waals surface area contributed by atoms with Crippen molar-refractivity contribution in [2.75, 3.05) is 25.0 Å². The van der Waals surface area contributed by atoms with Crippen molar-refractivity contribution in [1.82, 2.24) is 10.2 Å². The third-order valence-corrected chi connectivity index (χ3v) is 8.66. The summed E-state index contributed by atoms with van der Waals surface area (Å²) < 4.78 is 33.8. The van der Waals surface area contributed by atoms with Gasteiger partial charge < -0.3 is 15.0 Å². The molecule has 39 heavy (non-hydrogen) atoms. The van der Waals surface area contributed by atoms with Crippen molar-refractivity contribution in [3.05, 3.63) is 87.4 Å². The predicted molar refractivity (Wildman–Crippen MR) is 154 cm³/mol. The largest absolute Gasteiger partial charge is 0.497 e. The molecule has 0 bridgehead atoms. The molecule has 0 aliphatic carbocycles. The summed E-state index contributed by atoms with van der Waals surface area (Å²) in [5.74, 6) is -0.527. The molecule has 3 aromatic carbocycles. The number of nitrogens with one attached hydrogen (secondary N) is 1. The lowest BCUT2D eigenvalue weighted by Gasteiger charge is -2.33. The van der Waals surface area contributed by atoms with E-state index >= 15 is 0 Å². The number of likely N-dealkylation sites (N-methyl/N-ethyl adjacent to an activating group) is 1. The number of benzene rings is 3. The summed E-state index contributed by atoms with van der Waals surface area (Å²) in [7, 11) is -1.28. The zero-order valence-electron chi connectivity index (χ0n) is 21.5. The van der Waals surface area contributed by atoms with Gasteiger partial charge in [0.1, 0.15) is 18.3 Å². The molecule has 208 valence electrons. The van der Waals surface area contributed by atoms with Crippen LogP contribution in [-0.4, -0.2) is 51.9 Å². The highest BCUT2D eigenvalue weighted by atomic mass is 35.5. The van der Waals surface area contributed by atoms with E-state index < -0.39 is 34.4 Å². The minimum atomic E-state index is -4.22. The lowest BCUT2D eigenvalue weighted by Crippen LogP contribution is -2.51. The van der Waals surface area contributed by atoms with E-state index in [1.54, 1.807) is 19.1 Å². The van der Waals surface area contributed by atoms with E-state index in [9.17, 15) is 18.0 Å². The van der Waals surface area contributed by atoms with Gasteiger partial charge in [0.15, 0.2) is 0 Å². The van der Waals surface area contributed by atoms with E-state index in [4.69, 9.17) is 39.5 Å². The fourth-order valence-electron chi connectivity index (χ4n) is 3.93. The van der Waals surface area contributed by atoms with Crippen molar-refractivity contribution in [3.63, 3.8) is 0 Å². The van der Waals surface area contributed by atoms with E-state index in [1.165, 1.54) is 73.7 Å².